The van der Waals surface area contributed by atoms with Gasteiger partial charge >= 0.3 is 12.0 Å². The third kappa shape index (κ3) is 3.95. The summed E-state index contributed by atoms with van der Waals surface area (Å²) in [5, 5.41) is 16.8. The molecule has 7 nitrogen and oxygen atoms in total. The summed E-state index contributed by atoms with van der Waals surface area (Å²) in [5.74, 6) is -1.17. The van der Waals surface area contributed by atoms with E-state index in [-0.39, 0.29) is 12.1 Å². The monoisotopic (exact) mass is 356 g/mol. The lowest BCUT2D eigenvalue weighted by Crippen LogP contribution is -2.28. The summed E-state index contributed by atoms with van der Waals surface area (Å²) in [6, 6.07) is 4.81. The Hall–Kier alpha value is -2.91. The Balaban J connectivity index is 2.32. The first-order valence-corrected chi connectivity index (χ1v) is 7.32. The minimum Gasteiger partial charge on any atom is -0.358 e. The van der Waals surface area contributed by atoms with Crippen LogP contribution in [0.1, 0.15) is 30.6 Å². The van der Waals surface area contributed by atoms with Gasteiger partial charge in [0.1, 0.15) is 0 Å². The molecule has 0 radical (unpaired) electrons. The van der Waals surface area contributed by atoms with Crippen molar-refractivity contribution in [1.82, 2.24) is 9.78 Å². The average Bonchev–Trinajstić information content (AvgIpc) is 2.90. The number of hydrogen-bond acceptors (Lipinski definition) is 4. The van der Waals surface area contributed by atoms with Crippen LogP contribution in [0.3, 0.4) is 0 Å². The van der Waals surface area contributed by atoms with Crippen molar-refractivity contribution in [2.45, 2.75) is 32.5 Å². The number of hydrogen-bond donors (Lipinski definition) is 1. The molecule has 0 aliphatic heterocycles. The highest BCUT2D eigenvalue weighted by atomic mass is 19.4. The Bertz CT molecular complexity index is 802. The maximum Gasteiger partial charge on any atom is 0.418 e. The van der Waals surface area contributed by atoms with Gasteiger partial charge in [0.05, 0.1) is 28.1 Å². The van der Waals surface area contributed by atoms with Gasteiger partial charge in [-0.15, -0.1) is 0 Å². The second-order valence-corrected chi connectivity index (χ2v) is 5.30. The van der Waals surface area contributed by atoms with E-state index in [4.69, 9.17) is 0 Å². The van der Waals surface area contributed by atoms with E-state index >= 15 is 0 Å². The molecule has 2 aromatic rings. The number of carbonyl (C=O) groups excluding carboxylic acids is 1. The fourth-order valence-corrected chi connectivity index (χ4v) is 2.40. The van der Waals surface area contributed by atoms with Crippen LogP contribution in [0.5, 0.6) is 0 Å². The molecule has 1 heterocycles. The molecular weight excluding hydrogens is 341 g/mol. The normalized spacial score (nSPS) is 12.7. The van der Waals surface area contributed by atoms with E-state index < -0.39 is 34.4 Å². The van der Waals surface area contributed by atoms with E-state index in [0.717, 1.165) is 16.8 Å². The van der Waals surface area contributed by atoms with Crippen molar-refractivity contribution in [3.8, 4) is 0 Å². The number of aromatic nitrogens is 2. The van der Waals surface area contributed by atoms with Gasteiger partial charge in [-0.25, -0.2) is 0 Å². The molecule has 1 amide bonds. The molecule has 0 aliphatic rings. The van der Waals surface area contributed by atoms with Crippen LogP contribution in [0.2, 0.25) is 0 Å². The number of aryl methyl sites for hydroxylation is 1. The Labute approximate surface area is 140 Å². The molecule has 0 spiro atoms. The lowest BCUT2D eigenvalue weighted by Gasteiger charge is -2.17. The lowest BCUT2D eigenvalue weighted by molar-refractivity contribution is -0.389. The Morgan fingerprint density at radius 3 is 2.56 bits per heavy atom. The van der Waals surface area contributed by atoms with Gasteiger partial charge in [-0.1, -0.05) is 19.1 Å². The highest BCUT2D eigenvalue weighted by Gasteiger charge is 2.34. The number of nitrogens with zero attached hydrogens (tertiary/aromatic N) is 3. The number of halogens is 3. The second-order valence-electron chi connectivity index (χ2n) is 5.30. The zero-order chi connectivity index (χ0) is 18.8. The maximum absolute atomic E-state index is 13.0. The largest absolute Gasteiger partial charge is 0.418 e. The van der Waals surface area contributed by atoms with Crippen molar-refractivity contribution >= 4 is 17.4 Å². The summed E-state index contributed by atoms with van der Waals surface area (Å²) in [6.45, 7) is 3.16. The van der Waals surface area contributed by atoms with Gasteiger partial charge in [0.15, 0.2) is 6.04 Å². The number of amides is 1. The molecule has 2 rings (SSSR count). The van der Waals surface area contributed by atoms with Gasteiger partial charge < -0.3 is 15.4 Å². The molecule has 0 bridgehead atoms. The van der Waals surface area contributed by atoms with E-state index in [1.807, 2.05) is 0 Å². The maximum atomic E-state index is 13.0. The highest BCUT2D eigenvalue weighted by molar-refractivity contribution is 5.94. The molecule has 0 fully saturated rings. The summed E-state index contributed by atoms with van der Waals surface area (Å²) in [4.78, 5) is 22.5. The number of para-hydroxylation sites is 1. The number of anilines is 1. The third-order valence-corrected chi connectivity index (χ3v) is 3.57. The van der Waals surface area contributed by atoms with Crippen LogP contribution in [-0.4, -0.2) is 20.6 Å². The highest BCUT2D eigenvalue weighted by Crippen LogP contribution is 2.35. The summed E-state index contributed by atoms with van der Waals surface area (Å²) < 4.78 is 40.2. The topological polar surface area (TPSA) is 90.1 Å². The smallest absolute Gasteiger partial charge is 0.358 e. The van der Waals surface area contributed by atoms with Gasteiger partial charge in [0, 0.05) is 0 Å². The molecular formula is C15H15F3N4O3. The molecule has 0 saturated heterocycles. The molecule has 1 aromatic heterocycles. The van der Waals surface area contributed by atoms with E-state index in [9.17, 15) is 28.1 Å². The van der Waals surface area contributed by atoms with Crippen molar-refractivity contribution in [3.05, 3.63) is 51.7 Å². The first kappa shape index (κ1) is 18.4. The predicted octanol–water partition coefficient (Wildman–Crippen LogP) is 3.71. The van der Waals surface area contributed by atoms with Crippen LogP contribution in [0.4, 0.5) is 24.7 Å². The SMILES string of the molecule is CCC(C(=O)Nc1ccccc1C(F)(F)F)n1nc([N+](=O)[O-])cc1C. The average molecular weight is 356 g/mol. The van der Waals surface area contributed by atoms with Gasteiger partial charge in [-0.2, -0.15) is 17.9 Å². The number of benzene rings is 1. The van der Waals surface area contributed by atoms with Crippen LogP contribution in [0.25, 0.3) is 0 Å². The van der Waals surface area contributed by atoms with Crippen molar-refractivity contribution in [3.63, 3.8) is 0 Å². The second kappa shape index (κ2) is 6.91. The van der Waals surface area contributed by atoms with Gasteiger partial charge in [0.25, 0.3) is 5.91 Å². The summed E-state index contributed by atoms with van der Waals surface area (Å²) in [6.07, 6.45) is -4.42. The van der Waals surface area contributed by atoms with Crippen LogP contribution >= 0.6 is 0 Å². The third-order valence-electron chi connectivity index (χ3n) is 3.57. The molecule has 10 heteroatoms. The molecule has 1 atom stereocenters. The minimum absolute atomic E-state index is 0.194. The van der Waals surface area contributed by atoms with Gasteiger partial charge in [0.2, 0.25) is 0 Å². The fourth-order valence-electron chi connectivity index (χ4n) is 2.40. The van der Waals surface area contributed by atoms with Crippen molar-refractivity contribution in [2.24, 2.45) is 0 Å². The number of nitrogens with one attached hydrogen (secondary N) is 1. The minimum atomic E-state index is -4.62. The number of rotatable bonds is 5. The van der Waals surface area contributed by atoms with Gasteiger partial charge in [-0.05, 0) is 30.4 Å². The first-order valence-electron chi connectivity index (χ1n) is 7.32. The Kier molecular flexibility index (Phi) is 5.10. The van der Waals surface area contributed by atoms with Crippen molar-refractivity contribution in [1.29, 1.82) is 0 Å². The molecule has 0 saturated carbocycles. The number of nitro groups is 1. The fraction of sp³-hybridized carbons (Fsp3) is 0.333. The summed E-state index contributed by atoms with van der Waals surface area (Å²) in [5.41, 5.74) is -0.989. The standard InChI is InChI=1S/C15H15F3N4O3/c1-3-12(21-9(2)8-13(20-21)22(24)25)14(23)19-11-7-5-4-6-10(11)15(16,17)18/h4-8,12H,3H2,1-2H3,(H,19,23). The number of alkyl halides is 3. The van der Waals surface area contributed by atoms with Crippen molar-refractivity contribution in [2.75, 3.05) is 5.32 Å². The lowest BCUT2D eigenvalue weighted by atomic mass is 10.1. The summed E-state index contributed by atoms with van der Waals surface area (Å²) in [7, 11) is 0. The quantitative estimate of drug-likeness (QED) is 0.653. The first-order chi connectivity index (χ1) is 11.6. The van der Waals surface area contributed by atoms with Crippen LogP contribution in [-0.2, 0) is 11.0 Å². The Morgan fingerprint density at radius 2 is 2.04 bits per heavy atom. The number of carbonyl (C=O) groups is 1. The van der Waals surface area contributed by atoms with Crippen LogP contribution < -0.4 is 5.32 Å². The molecule has 134 valence electrons. The van der Waals surface area contributed by atoms with Crippen LogP contribution in [0, 0.1) is 17.0 Å². The predicted molar refractivity (Wildman–Crippen MR) is 83.0 cm³/mol. The van der Waals surface area contributed by atoms with Crippen LogP contribution in [0.15, 0.2) is 30.3 Å². The molecule has 1 aromatic carbocycles. The Morgan fingerprint density at radius 1 is 1.40 bits per heavy atom. The van der Waals surface area contributed by atoms with E-state index in [1.165, 1.54) is 25.1 Å². The zero-order valence-electron chi connectivity index (χ0n) is 13.4. The molecule has 25 heavy (non-hydrogen) atoms. The van der Waals surface area contributed by atoms with E-state index in [2.05, 4.69) is 10.4 Å². The van der Waals surface area contributed by atoms with Crippen molar-refractivity contribution < 1.29 is 22.9 Å². The zero-order valence-corrected chi connectivity index (χ0v) is 13.4. The summed E-state index contributed by atoms with van der Waals surface area (Å²) >= 11 is 0. The molecule has 0 aliphatic carbocycles. The molecule has 1 unspecified atom stereocenters. The van der Waals surface area contributed by atoms with E-state index in [1.54, 1.807) is 6.92 Å². The van der Waals surface area contributed by atoms with Gasteiger partial charge in [-0.3, -0.25) is 4.79 Å². The molecule has 1 N–H and O–H groups in total. The van der Waals surface area contributed by atoms with E-state index in [0.29, 0.717) is 5.69 Å².